The van der Waals surface area contributed by atoms with Gasteiger partial charge >= 0.3 is 0 Å². The number of rotatable bonds is 4. The number of halogens is 3. The van der Waals surface area contributed by atoms with E-state index in [1.807, 2.05) is 0 Å². The lowest BCUT2D eigenvalue weighted by Crippen LogP contribution is -2.22. The normalized spacial score (nSPS) is 14.1. The molecule has 0 radical (unpaired) electrons. The fourth-order valence-corrected chi connectivity index (χ4v) is 2.17. The van der Waals surface area contributed by atoms with Crippen molar-refractivity contribution >= 4 is 0 Å². The third-order valence-electron chi connectivity index (χ3n) is 3.24. The van der Waals surface area contributed by atoms with Crippen LogP contribution in [-0.2, 0) is 0 Å². The maximum Gasteiger partial charge on any atom is 0.164 e. The van der Waals surface area contributed by atoms with Crippen LogP contribution in [0.3, 0.4) is 0 Å². The predicted molar refractivity (Wildman–Crippen MR) is 69.5 cm³/mol. The van der Waals surface area contributed by atoms with Crippen LogP contribution in [0, 0.1) is 17.5 Å². The van der Waals surface area contributed by atoms with Crippen LogP contribution in [0.15, 0.2) is 42.5 Å². The zero-order chi connectivity index (χ0) is 14.7. The lowest BCUT2D eigenvalue weighted by Gasteiger charge is -2.23. The molecule has 0 amide bonds. The number of aliphatic hydroxyl groups excluding tert-OH is 1. The van der Waals surface area contributed by atoms with E-state index < -0.39 is 29.5 Å². The molecule has 0 bridgehead atoms. The van der Waals surface area contributed by atoms with Gasteiger partial charge in [0.25, 0.3) is 0 Å². The minimum absolute atomic E-state index is 0.0992. The smallest absolute Gasteiger partial charge is 0.164 e. The third kappa shape index (κ3) is 2.69. The van der Waals surface area contributed by atoms with Crippen molar-refractivity contribution in [3.8, 4) is 0 Å². The van der Waals surface area contributed by atoms with Crippen LogP contribution in [-0.4, -0.2) is 11.7 Å². The maximum atomic E-state index is 13.7. The molecular formula is C15H14F3NO. The highest BCUT2D eigenvalue weighted by Crippen LogP contribution is 2.33. The molecule has 20 heavy (non-hydrogen) atoms. The second kappa shape index (κ2) is 6.07. The standard InChI is InChI=1S/C15H14F3NO/c16-12-6-2-1-4-9(12)11(8-19)15(20)10-5-3-7-13(17)14(10)18/h1-7,11,15,20H,8,19H2. The first-order valence-electron chi connectivity index (χ1n) is 6.12. The molecule has 2 atom stereocenters. The van der Waals surface area contributed by atoms with Gasteiger partial charge in [-0.15, -0.1) is 0 Å². The molecule has 0 aliphatic carbocycles. The highest BCUT2D eigenvalue weighted by Gasteiger charge is 2.27. The molecule has 0 aromatic heterocycles. The van der Waals surface area contributed by atoms with Crippen molar-refractivity contribution in [2.24, 2.45) is 5.73 Å². The molecule has 0 spiro atoms. The van der Waals surface area contributed by atoms with Gasteiger partial charge in [-0.2, -0.15) is 0 Å². The summed E-state index contributed by atoms with van der Waals surface area (Å²) in [5.74, 6) is -3.60. The van der Waals surface area contributed by atoms with Gasteiger partial charge in [-0.25, -0.2) is 13.2 Å². The summed E-state index contributed by atoms with van der Waals surface area (Å²) in [5.41, 5.74) is 5.50. The Kier molecular flexibility index (Phi) is 4.42. The Balaban J connectivity index is 2.42. The Labute approximate surface area is 114 Å². The van der Waals surface area contributed by atoms with E-state index >= 15 is 0 Å². The number of hydrogen-bond donors (Lipinski definition) is 2. The van der Waals surface area contributed by atoms with Gasteiger partial charge in [0.1, 0.15) is 5.82 Å². The third-order valence-corrected chi connectivity index (χ3v) is 3.24. The molecule has 2 nitrogen and oxygen atoms in total. The SMILES string of the molecule is NCC(c1ccccc1F)C(O)c1cccc(F)c1F. The maximum absolute atomic E-state index is 13.7. The molecule has 106 valence electrons. The van der Waals surface area contributed by atoms with Crippen molar-refractivity contribution < 1.29 is 18.3 Å². The lowest BCUT2D eigenvalue weighted by molar-refractivity contribution is 0.140. The van der Waals surface area contributed by atoms with E-state index in [4.69, 9.17) is 5.73 Å². The summed E-state index contributed by atoms with van der Waals surface area (Å²) >= 11 is 0. The van der Waals surface area contributed by atoms with Gasteiger partial charge < -0.3 is 10.8 Å². The molecule has 0 saturated heterocycles. The molecule has 2 aromatic carbocycles. The second-order valence-electron chi connectivity index (χ2n) is 4.45. The lowest BCUT2D eigenvalue weighted by atomic mass is 9.88. The van der Waals surface area contributed by atoms with Crippen LogP contribution in [0.1, 0.15) is 23.1 Å². The van der Waals surface area contributed by atoms with Crippen molar-refractivity contribution in [2.45, 2.75) is 12.0 Å². The highest BCUT2D eigenvalue weighted by atomic mass is 19.2. The molecule has 0 heterocycles. The summed E-state index contributed by atoms with van der Waals surface area (Å²) in [6.07, 6.45) is -1.42. The van der Waals surface area contributed by atoms with Crippen molar-refractivity contribution in [2.75, 3.05) is 6.54 Å². The number of hydrogen-bond acceptors (Lipinski definition) is 2. The predicted octanol–water partition coefficient (Wildman–Crippen LogP) is 2.88. The van der Waals surface area contributed by atoms with Crippen LogP contribution in [0.4, 0.5) is 13.2 Å². The first kappa shape index (κ1) is 14.6. The first-order valence-corrected chi connectivity index (χ1v) is 6.12. The summed E-state index contributed by atoms with van der Waals surface area (Å²) < 4.78 is 40.6. The molecule has 3 N–H and O–H groups in total. The van der Waals surface area contributed by atoms with E-state index in [0.29, 0.717) is 0 Å². The average molecular weight is 281 g/mol. The summed E-state index contributed by atoms with van der Waals surface area (Å²) in [4.78, 5) is 0. The molecule has 2 unspecified atom stereocenters. The Bertz CT molecular complexity index is 603. The van der Waals surface area contributed by atoms with Crippen molar-refractivity contribution in [3.63, 3.8) is 0 Å². The molecular weight excluding hydrogens is 267 g/mol. The van der Waals surface area contributed by atoms with E-state index in [1.54, 1.807) is 6.07 Å². The van der Waals surface area contributed by atoms with Crippen LogP contribution in [0.5, 0.6) is 0 Å². The Morgan fingerprint density at radius 3 is 2.15 bits per heavy atom. The van der Waals surface area contributed by atoms with E-state index in [0.717, 1.165) is 6.07 Å². The molecule has 0 fully saturated rings. The van der Waals surface area contributed by atoms with Crippen molar-refractivity contribution in [3.05, 3.63) is 71.0 Å². The Hall–Kier alpha value is -1.85. The van der Waals surface area contributed by atoms with Gasteiger partial charge in [0.05, 0.1) is 6.10 Å². The second-order valence-corrected chi connectivity index (χ2v) is 4.45. The van der Waals surface area contributed by atoms with E-state index in [1.165, 1.54) is 30.3 Å². The molecule has 5 heteroatoms. The highest BCUT2D eigenvalue weighted by molar-refractivity contribution is 5.29. The van der Waals surface area contributed by atoms with Crippen LogP contribution < -0.4 is 5.73 Å². The fraction of sp³-hybridized carbons (Fsp3) is 0.200. The minimum atomic E-state index is -1.42. The van der Waals surface area contributed by atoms with Gasteiger partial charge in [-0.1, -0.05) is 30.3 Å². The summed E-state index contributed by atoms with van der Waals surface area (Å²) in [7, 11) is 0. The van der Waals surface area contributed by atoms with Crippen molar-refractivity contribution in [1.29, 1.82) is 0 Å². The Morgan fingerprint density at radius 2 is 1.50 bits per heavy atom. The topological polar surface area (TPSA) is 46.2 Å². The quantitative estimate of drug-likeness (QED) is 0.905. The molecule has 0 aliphatic rings. The molecule has 0 aliphatic heterocycles. The van der Waals surface area contributed by atoms with Gasteiger partial charge in [0, 0.05) is 18.0 Å². The molecule has 2 rings (SSSR count). The van der Waals surface area contributed by atoms with Crippen LogP contribution in [0.2, 0.25) is 0 Å². The fourth-order valence-electron chi connectivity index (χ4n) is 2.17. The van der Waals surface area contributed by atoms with E-state index in [9.17, 15) is 18.3 Å². The summed E-state index contributed by atoms with van der Waals surface area (Å²) in [6.45, 7) is -0.0992. The molecule has 2 aromatic rings. The zero-order valence-corrected chi connectivity index (χ0v) is 10.6. The first-order chi connectivity index (χ1) is 9.56. The van der Waals surface area contributed by atoms with Crippen LogP contribution >= 0.6 is 0 Å². The number of nitrogens with two attached hydrogens (primary N) is 1. The summed E-state index contributed by atoms with van der Waals surface area (Å²) in [5, 5.41) is 10.2. The van der Waals surface area contributed by atoms with E-state index in [2.05, 4.69) is 0 Å². The number of benzene rings is 2. The zero-order valence-electron chi connectivity index (χ0n) is 10.6. The van der Waals surface area contributed by atoms with Gasteiger partial charge in [-0.3, -0.25) is 0 Å². The van der Waals surface area contributed by atoms with Gasteiger partial charge in [0.2, 0.25) is 0 Å². The summed E-state index contributed by atoms with van der Waals surface area (Å²) in [6, 6.07) is 9.28. The Morgan fingerprint density at radius 1 is 0.900 bits per heavy atom. The van der Waals surface area contributed by atoms with Gasteiger partial charge in [0.15, 0.2) is 11.6 Å². The molecule has 0 saturated carbocycles. The minimum Gasteiger partial charge on any atom is -0.388 e. The largest absolute Gasteiger partial charge is 0.388 e. The van der Waals surface area contributed by atoms with Crippen molar-refractivity contribution in [1.82, 2.24) is 0 Å². The average Bonchev–Trinajstić information content (AvgIpc) is 2.44. The van der Waals surface area contributed by atoms with Gasteiger partial charge in [-0.05, 0) is 17.7 Å². The number of aliphatic hydroxyl groups is 1. The monoisotopic (exact) mass is 281 g/mol. The van der Waals surface area contributed by atoms with Crippen LogP contribution in [0.25, 0.3) is 0 Å². The van der Waals surface area contributed by atoms with E-state index in [-0.39, 0.29) is 17.7 Å².